The minimum Gasteiger partial charge on any atom is -0.306 e. The van der Waals surface area contributed by atoms with Crippen molar-refractivity contribution in [2.75, 3.05) is 11.9 Å². The van der Waals surface area contributed by atoms with E-state index in [1.54, 1.807) is 0 Å². The second-order valence-corrected chi connectivity index (χ2v) is 7.44. The zero-order valence-electron chi connectivity index (χ0n) is 15.5. The minimum absolute atomic E-state index is 0.252. The summed E-state index contributed by atoms with van der Waals surface area (Å²) < 4.78 is 0. The van der Waals surface area contributed by atoms with Crippen molar-refractivity contribution in [2.45, 2.75) is 12.3 Å². The van der Waals surface area contributed by atoms with Crippen molar-refractivity contribution in [1.82, 2.24) is 5.01 Å². The summed E-state index contributed by atoms with van der Waals surface area (Å²) in [5, 5.41) is 9.79. The van der Waals surface area contributed by atoms with Crippen LogP contribution in [0.25, 0.3) is 0 Å². The van der Waals surface area contributed by atoms with E-state index in [1.807, 2.05) is 72.8 Å². The molecule has 0 aliphatic carbocycles. The van der Waals surface area contributed by atoms with Crippen molar-refractivity contribution in [3.05, 3.63) is 101 Å². The summed E-state index contributed by atoms with van der Waals surface area (Å²) in [4.78, 5) is 12.9. The number of hydrogen-bond acceptors (Lipinski definition) is 2. The Bertz CT molecular complexity index is 1000. The Morgan fingerprint density at radius 2 is 1.57 bits per heavy atom. The molecule has 1 aliphatic rings. The highest BCUT2D eigenvalue weighted by Crippen LogP contribution is 2.35. The summed E-state index contributed by atoms with van der Waals surface area (Å²) in [6.07, 6.45) is 0. The number of rotatable bonds is 3. The average Bonchev–Trinajstić information content (AvgIpc) is 3.09. The molecule has 0 radical (unpaired) electrons. The number of nitrogens with zero attached hydrogens (tertiary/aromatic N) is 2. The van der Waals surface area contributed by atoms with E-state index in [0.29, 0.717) is 11.6 Å². The molecule has 1 atom stereocenters. The first kappa shape index (κ1) is 18.3. The molecule has 5 heteroatoms. The molecule has 3 aromatic carbocycles. The van der Waals surface area contributed by atoms with E-state index < -0.39 is 5.41 Å². The molecule has 1 unspecified atom stereocenters. The average molecular weight is 390 g/mol. The van der Waals surface area contributed by atoms with E-state index in [9.17, 15) is 4.79 Å². The Kier molecular flexibility index (Phi) is 4.88. The smallest absolute Gasteiger partial charge is 0.306 e. The van der Waals surface area contributed by atoms with Gasteiger partial charge in [0, 0.05) is 10.7 Å². The van der Waals surface area contributed by atoms with E-state index in [4.69, 9.17) is 16.7 Å². The summed E-state index contributed by atoms with van der Waals surface area (Å²) in [5.74, 6) is 0. The maximum atomic E-state index is 12.9. The third kappa shape index (κ3) is 3.51. The summed E-state index contributed by atoms with van der Waals surface area (Å²) in [7, 11) is 0. The molecule has 1 heterocycles. The molecule has 0 spiro atoms. The summed E-state index contributed by atoms with van der Waals surface area (Å²) >= 11 is 6.06. The molecule has 0 fully saturated rings. The zero-order chi connectivity index (χ0) is 19.6. The predicted molar refractivity (Wildman–Crippen MR) is 114 cm³/mol. The fourth-order valence-corrected chi connectivity index (χ4v) is 3.61. The van der Waals surface area contributed by atoms with Crippen LogP contribution in [0.4, 0.5) is 10.5 Å². The van der Waals surface area contributed by atoms with Crippen molar-refractivity contribution in [1.29, 1.82) is 0 Å². The molecule has 0 saturated carbocycles. The first-order valence-corrected chi connectivity index (χ1v) is 9.48. The van der Waals surface area contributed by atoms with Gasteiger partial charge < -0.3 is 5.32 Å². The first-order chi connectivity index (χ1) is 13.6. The molecule has 28 heavy (non-hydrogen) atoms. The lowest BCUT2D eigenvalue weighted by Crippen LogP contribution is -2.38. The molecule has 1 N–H and O–H groups in total. The van der Waals surface area contributed by atoms with Gasteiger partial charge in [-0.3, -0.25) is 0 Å². The third-order valence-corrected chi connectivity index (χ3v) is 5.25. The van der Waals surface area contributed by atoms with Crippen molar-refractivity contribution in [3.8, 4) is 0 Å². The van der Waals surface area contributed by atoms with Crippen LogP contribution < -0.4 is 5.32 Å². The van der Waals surface area contributed by atoms with E-state index >= 15 is 0 Å². The number of nitrogens with one attached hydrogen (secondary N) is 1. The molecular weight excluding hydrogens is 370 g/mol. The maximum Gasteiger partial charge on any atom is 0.342 e. The highest BCUT2D eigenvalue weighted by atomic mass is 35.5. The Hall–Kier alpha value is -3.11. The van der Waals surface area contributed by atoms with Gasteiger partial charge in [0.2, 0.25) is 0 Å². The van der Waals surface area contributed by atoms with Gasteiger partial charge in [0.15, 0.2) is 0 Å². The number of urea groups is 1. The predicted octanol–water partition coefficient (Wildman–Crippen LogP) is 5.55. The summed E-state index contributed by atoms with van der Waals surface area (Å²) in [6.45, 7) is 2.57. The van der Waals surface area contributed by atoms with Crippen molar-refractivity contribution in [2.24, 2.45) is 5.10 Å². The van der Waals surface area contributed by atoms with Crippen LogP contribution in [0.15, 0.2) is 90.0 Å². The SMILES string of the molecule is CC1(c2ccccc2)CN(C(=O)Nc2ccccc2)N=C1c1ccc(Cl)cc1. The molecule has 4 rings (SSSR count). The van der Waals surface area contributed by atoms with Crippen LogP contribution in [-0.2, 0) is 5.41 Å². The Balaban J connectivity index is 1.70. The van der Waals surface area contributed by atoms with Gasteiger partial charge in [-0.05, 0) is 42.3 Å². The van der Waals surface area contributed by atoms with E-state index in [0.717, 1.165) is 22.5 Å². The van der Waals surface area contributed by atoms with Gasteiger partial charge >= 0.3 is 6.03 Å². The normalized spacial score (nSPS) is 18.6. The third-order valence-electron chi connectivity index (χ3n) is 5.00. The quantitative estimate of drug-likeness (QED) is 0.627. The van der Waals surface area contributed by atoms with Crippen molar-refractivity contribution < 1.29 is 4.79 Å². The van der Waals surface area contributed by atoms with E-state index in [2.05, 4.69) is 24.4 Å². The fourth-order valence-electron chi connectivity index (χ4n) is 3.49. The number of anilines is 1. The lowest BCUT2D eigenvalue weighted by atomic mass is 9.76. The van der Waals surface area contributed by atoms with Crippen LogP contribution in [-0.4, -0.2) is 23.3 Å². The number of carbonyl (C=O) groups excluding carboxylic acids is 1. The van der Waals surface area contributed by atoms with Crippen LogP contribution in [0.5, 0.6) is 0 Å². The molecule has 1 aliphatic heterocycles. The van der Waals surface area contributed by atoms with E-state index in [-0.39, 0.29) is 6.03 Å². The van der Waals surface area contributed by atoms with Crippen molar-refractivity contribution >= 4 is 29.0 Å². The molecule has 0 aromatic heterocycles. The van der Waals surface area contributed by atoms with Gasteiger partial charge in [0.25, 0.3) is 0 Å². The van der Waals surface area contributed by atoms with Crippen LogP contribution in [0.1, 0.15) is 18.1 Å². The number of halogens is 1. The molecule has 0 bridgehead atoms. The number of hydrazone groups is 1. The number of benzene rings is 3. The molecule has 4 nitrogen and oxygen atoms in total. The molecule has 140 valence electrons. The number of amides is 2. The fraction of sp³-hybridized carbons (Fsp3) is 0.130. The highest BCUT2D eigenvalue weighted by molar-refractivity contribution is 6.30. The van der Waals surface area contributed by atoms with Crippen LogP contribution >= 0.6 is 11.6 Å². The summed E-state index contributed by atoms with van der Waals surface area (Å²) in [6, 6.07) is 26.9. The van der Waals surface area contributed by atoms with Gasteiger partial charge in [-0.15, -0.1) is 0 Å². The zero-order valence-corrected chi connectivity index (χ0v) is 16.2. The van der Waals surface area contributed by atoms with Gasteiger partial charge in [0.05, 0.1) is 17.7 Å². The Labute approximate surface area is 169 Å². The van der Waals surface area contributed by atoms with Crippen LogP contribution in [0.2, 0.25) is 5.02 Å². The lowest BCUT2D eigenvalue weighted by Gasteiger charge is -2.27. The monoisotopic (exact) mass is 389 g/mol. The van der Waals surface area contributed by atoms with Crippen LogP contribution in [0.3, 0.4) is 0 Å². The second kappa shape index (κ2) is 7.49. The second-order valence-electron chi connectivity index (χ2n) is 7.01. The van der Waals surface area contributed by atoms with Crippen molar-refractivity contribution in [3.63, 3.8) is 0 Å². The minimum atomic E-state index is -0.427. The molecule has 3 aromatic rings. The topological polar surface area (TPSA) is 44.7 Å². The standard InChI is InChI=1S/C23H20ClN3O/c1-23(18-8-4-2-5-9-18)16-27(22(28)25-20-10-6-3-7-11-20)26-21(23)17-12-14-19(24)15-13-17/h2-15H,16H2,1H3,(H,25,28). The van der Waals surface area contributed by atoms with Crippen LogP contribution in [0, 0.1) is 0 Å². The molecule has 0 saturated heterocycles. The molecule has 2 amide bonds. The summed E-state index contributed by atoms with van der Waals surface area (Å²) in [5.41, 5.74) is 3.22. The highest BCUT2D eigenvalue weighted by Gasteiger charge is 2.42. The maximum absolute atomic E-state index is 12.9. The van der Waals surface area contributed by atoms with Gasteiger partial charge in [-0.25, -0.2) is 9.80 Å². The Morgan fingerprint density at radius 1 is 0.964 bits per heavy atom. The number of para-hydroxylation sites is 1. The van der Waals surface area contributed by atoms with Gasteiger partial charge in [-0.2, -0.15) is 5.10 Å². The lowest BCUT2D eigenvalue weighted by molar-refractivity contribution is 0.214. The molecular formula is C23H20ClN3O. The van der Waals surface area contributed by atoms with Gasteiger partial charge in [0.1, 0.15) is 0 Å². The van der Waals surface area contributed by atoms with Gasteiger partial charge in [-0.1, -0.05) is 72.3 Å². The number of carbonyl (C=O) groups is 1. The first-order valence-electron chi connectivity index (χ1n) is 9.10. The number of hydrogen-bond donors (Lipinski definition) is 1. The largest absolute Gasteiger partial charge is 0.342 e. The van der Waals surface area contributed by atoms with E-state index in [1.165, 1.54) is 5.01 Å². The Morgan fingerprint density at radius 3 is 2.21 bits per heavy atom.